The summed E-state index contributed by atoms with van der Waals surface area (Å²) in [6.45, 7) is 1.68. The lowest BCUT2D eigenvalue weighted by Crippen LogP contribution is -2.14. The second-order valence-corrected chi connectivity index (χ2v) is 6.96. The zero-order valence-electron chi connectivity index (χ0n) is 15.3. The summed E-state index contributed by atoms with van der Waals surface area (Å²) in [6, 6.07) is 12.3. The number of anilines is 1. The average molecular weight is 385 g/mol. The minimum absolute atomic E-state index is 0.183. The van der Waals surface area contributed by atoms with Crippen LogP contribution in [0.3, 0.4) is 0 Å². The predicted molar refractivity (Wildman–Crippen MR) is 106 cm³/mol. The zero-order valence-corrected chi connectivity index (χ0v) is 16.1. The van der Waals surface area contributed by atoms with Crippen LogP contribution in [0.15, 0.2) is 53.8 Å². The van der Waals surface area contributed by atoms with E-state index >= 15 is 0 Å². The molecule has 0 unspecified atom stereocenters. The Morgan fingerprint density at radius 1 is 1.26 bits per heavy atom. The number of nitrogens with zero attached hydrogens (tertiary/aromatic N) is 2. The van der Waals surface area contributed by atoms with Crippen molar-refractivity contribution in [3.63, 3.8) is 0 Å². The van der Waals surface area contributed by atoms with Gasteiger partial charge in [-0.05, 0) is 48.9 Å². The second kappa shape index (κ2) is 8.26. The van der Waals surface area contributed by atoms with E-state index < -0.39 is 0 Å². The zero-order chi connectivity index (χ0) is 19.4. The molecular weight excluding hydrogens is 365 g/mol. The van der Waals surface area contributed by atoms with Crippen LogP contribution in [0, 0.1) is 12.7 Å². The number of imidazole rings is 1. The van der Waals surface area contributed by atoms with Crippen LogP contribution in [-0.2, 0) is 11.8 Å². The summed E-state index contributed by atoms with van der Waals surface area (Å²) in [7, 11) is 3.53. The van der Waals surface area contributed by atoms with Crippen molar-refractivity contribution in [3.8, 4) is 17.0 Å². The Bertz CT molecular complexity index is 954. The van der Waals surface area contributed by atoms with E-state index in [4.69, 9.17) is 4.74 Å². The monoisotopic (exact) mass is 385 g/mol. The van der Waals surface area contributed by atoms with Gasteiger partial charge in [-0.3, -0.25) is 4.79 Å². The van der Waals surface area contributed by atoms with Crippen molar-refractivity contribution in [2.75, 3.05) is 18.2 Å². The molecule has 0 saturated heterocycles. The van der Waals surface area contributed by atoms with E-state index in [1.807, 2.05) is 35.9 Å². The topological polar surface area (TPSA) is 56.1 Å². The highest BCUT2D eigenvalue weighted by Gasteiger charge is 2.12. The highest BCUT2D eigenvalue weighted by atomic mass is 32.2. The van der Waals surface area contributed by atoms with E-state index in [0.29, 0.717) is 11.3 Å². The first-order chi connectivity index (χ1) is 13.0. The molecule has 1 amide bonds. The summed E-state index contributed by atoms with van der Waals surface area (Å²) < 4.78 is 20.7. The van der Waals surface area contributed by atoms with Gasteiger partial charge in [-0.25, -0.2) is 9.37 Å². The maximum atomic E-state index is 13.6. The van der Waals surface area contributed by atoms with E-state index in [1.165, 1.54) is 17.8 Å². The molecule has 0 aliphatic carbocycles. The van der Waals surface area contributed by atoms with Gasteiger partial charge in [0.1, 0.15) is 11.6 Å². The molecule has 0 bridgehead atoms. The maximum Gasteiger partial charge on any atom is 0.234 e. The molecule has 27 heavy (non-hydrogen) atoms. The van der Waals surface area contributed by atoms with Crippen LogP contribution in [0.2, 0.25) is 0 Å². The number of amides is 1. The molecule has 0 fully saturated rings. The maximum absolute atomic E-state index is 13.6. The minimum Gasteiger partial charge on any atom is -0.497 e. The van der Waals surface area contributed by atoms with Gasteiger partial charge in [0.15, 0.2) is 5.16 Å². The van der Waals surface area contributed by atoms with Crippen LogP contribution in [-0.4, -0.2) is 28.3 Å². The van der Waals surface area contributed by atoms with Crippen molar-refractivity contribution in [2.45, 2.75) is 12.1 Å². The molecule has 5 nitrogen and oxygen atoms in total. The Kier molecular flexibility index (Phi) is 5.81. The van der Waals surface area contributed by atoms with Crippen LogP contribution in [0.1, 0.15) is 5.56 Å². The second-order valence-electron chi connectivity index (χ2n) is 6.01. The largest absolute Gasteiger partial charge is 0.497 e. The highest BCUT2D eigenvalue weighted by Crippen LogP contribution is 2.26. The van der Waals surface area contributed by atoms with Gasteiger partial charge in [0, 0.05) is 18.3 Å². The van der Waals surface area contributed by atoms with Gasteiger partial charge in [0.05, 0.1) is 24.8 Å². The van der Waals surface area contributed by atoms with Gasteiger partial charge in [-0.2, -0.15) is 0 Å². The number of ether oxygens (including phenoxy) is 1. The number of aromatic nitrogens is 2. The number of carbonyl (C=O) groups excluding carboxylic acids is 1. The fourth-order valence-electron chi connectivity index (χ4n) is 2.55. The standard InChI is InChI=1S/C20H20FN3O2S/c1-13-4-7-15(10-17(13)21)23-19(25)12-27-20-22-11-18(24(20)2)14-5-8-16(26-3)9-6-14/h4-11H,12H2,1-3H3,(H,23,25). The molecule has 0 spiro atoms. The SMILES string of the molecule is COc1ccc(-c2cnc(SCC(=O)Nc3ccc(C)c(F)c3)n2C)cc1. The third-order valence-electron chi connectivity index (χ3n) is 4.12. The Morgan fingerprint density at radius 2 is 2.00 bits per heavy atom. The molecule has 1 heterocycles. The van der Waals surface area contributed by atoms with Crippen LogP contribution < -0.4 is 10.1 Å². The molecule has 0 aliphatic heterocycles. The quantitative estimate of drug-likeness (QED) is 0.644. The number of aryl methyl sites for hydroxylation is 1. The highest BCUT2D eigenvalue weighted by molar-refractivity contribution is 7.99. The molecule has 3 aromatic rings. The Labute approximate surface area is 161 Å². The number of hydrogen-bond acceptors (Lipinski definition) is 4. The smallest absolute Gasteiger partial charge is 0.234 e. The first-order valence-electron chi connectivity index (χ1n) is 8.33. The van der Waals surface area contributed by atoms with Crippen molar-refractivity contribution >= 4 is 23.4 Å². The van der Waals surface area contributed by atoms with E-state index in [9.17, 15) is 9.18 Å². The molecule has 140 valence electrons. The summed E-state index contributed by atoms with van der Waals surface area (Å²) in [5.74, 6) is 0.424. The number of thioether (sulfide) groups is 1. The predicted octanol–water partition coefficient (Wildman–Crippen LogP) is 4.27. The van der Waals surface area contributed by atoms with Gasteiger partial charge in [-0.15, -0.1) is 0 Å². The number of rotatable bonds is 6. The lowest BCUT2D eigenvalue weighted by molar-refractivity contribution is -0.113. The molecule has 1 N–H and O–H groups in total. The molecule has 0 aliphatic rings. The summed E-state index contributed by atoms with van der Waals surface area (Å²) in [5, 5.41) is 3.43. The van der Waals surface area contributed by atoms with Gasteiger partial charge in [0.25, 0.3) is 0 Å². The number of methoxy groups -OCH3 is 1. The number of nitrogens with one attached hydrogen (secondary N) is 1. The first-order valence-corrected chi connectivity index (χ1v) is 9.31. The molecule has 2 aromatic carbocycles. The summed E-state index contributed by atoms with van der Waals surface area (Å²) in [4.78, 5) is 16.5. The first kappa shape index (κ1) is 19.0. The number of benzene rings is 2. The lowest BCUT2D eigenvalue weighted by Gasteiger charge is -2.08. The molecule has 1 aromatic heterocycles. The van der Waals surface area contributed by atoms with Crippen LogP contribution in [0.5, 0.6) is 5.75 Å². The fourth-order valence-corrected chi connectivity index (χ4v) is 3.31. The third-order valence-corrected chi connectivity index (χ3v) is 5.16. The molecule has 7 heteroatoms. The average Bonchev–Trinajstić information content (AvgIpc) is 3.03. The van der Waals surface area contributed by atoms with Crippen LogP contribution >= 0.6 is 11.8 Å². The number of carbonyl (C=O) groups is 1. The molecule has 3 rings (SSSR count). The van der Waals surface area contributed by atoms with Crippen molar-refractivity contribution in [1.82, 2.24) is 9.55 Å². The summed E-state index contributed by atoms with van der Waals surface area (Å²) in [5.41, 5.74) is 2.95. The van der Waals surface area contributed by atoms with Crippen LogP contribution in [0.25, 0.3) is 11.3 Å². The normalized spacial score (nSPS) is 10.7. The number of halogens is 1. The van der Waals surface area contributed by atoms with Crippen molar-refractivity contribution in [1.29, 1.82) is 0 Å². The van der Waals surface area contributed by atoms with Gasteiger partial charge in [-0.1, -0.05) is 17.8 Å². The molecular formula is C20H20FN3O2S. The van der Waals surface area contributed by atoms with Crippen molar-refractivity contribution < 1.29 is 13.9 Å². The summed E-state index contributed by atoms with van der Waals surface area (Å²) >= 11 is 1.33. The van der Waals surface area contributed by atoms with E-state index in [-0.39, 0.29) is 17.5 Å². The Morgan fingerprint density at radius 3 is 2.67 bits per heavy atom. The Balaban J connectivity index is 1.63. The molecule has 0 saturated carbocycles. The van der Waals surface area contributed by atoms with Crippen molar-refractivity contribution in [3.05, 3.63) is 60.0 Å². The van der Waals surface area contributed by atoms with Crippen LogP contribution in [0.4, 0.5) is 10.1 Å². The lowest BCUT2D eigenvalue weighted by atomic mass is 10.1. The van der Waals surface area contributed by atoms with Gasteiger partial charge in [0.2, 0.25) is 5.91 Å². The van der Waals surface area contributed by atoms with E-state index in [2.05, 4.69) is 10.3 Å². The minimum atomic E-state index is -0.339. The number of hydrogen-bond donors (Lipinski definition) is 1. The van der Waals surface area contributed by atoms with E-state index in [1.54, 1.807) is 32.4 Å². The summed E-state index contributed by atoms with van der Waals surface area (Å²) in [6.07, 6.45) is 1.78. The van der Waals surface area contributed by atoms with E-state index in [0.717, 1.165) is 22.2 Å². The van der Waals surface area contributed by atoms with Gasteiger partial charge >= 0.3 is 0 Å². The fraction of sp³-hybridized carbons (Fsp3) is 0.200. The van der Waals surface area contributed by atoms with Crippen molar-refractivity contribution in [2.24, 2.45) is 7.05 Å². The Hall–Kier alpha value is -2.80. The molecule has 0 radical (unpaired) electrons. The molecule has 0 atom stereocenters. The third kappa shape index (κ3) is 4.49. The van der Waals surface area contributed by atoms with Gasteiger partial charge < -0.3 is 14.6 Å².